The smallest absolute Gasteiger partial charge is 0.253 e. The Morgan fingerprint density at radius 2 is 1.95 bits per heavy atom. The van der Waals surface area contributed by atoms with Crippen LogP contribution in [-0.4, -0.2) is 24.4 Å². The summed E-state index contributed by atoms with van der Waals surface area (Å²) in [6.07, 6.45) is 5.61. The van der Waals surface area contributed by atoms with E-state index in [1.165, 1.54) is 6.42 Å². The monoisotopic (exact) mass is 372 g/mol. The van der Waals surface area contributed by atoms with Crippen LogP contribution < -0.4 is 10.6 Å². The van der Waals surface area contributed by atoms with E-state index in [9.17, 15) is 9.59 Å². The van der Waals surface area contributed by atoms with Gasteiger partial charge in [0, 0.05) is 10.5 Å². The molecule has 1 aromatic rings. The van der Waals surface area contributed by atoms with Crippen LogP contribution in [0.3, 0.4) is 0 Å². The van der Waals surface area contributed by atoms with Crippen LogP contribution in [0.1, 0.15) is 42.5 Å². The minimum Gasteiger partial charge on any atom is -0.352 e. The molecule has 0 aromatic heterocycles. The second-order valence-corrected chi connectivity index (χ2v) is 6.53. The first-order valence-electron chi connectivity index (χ1n) is 7.09. The Morgan fingerprint density at radius 3 is 2.67 bits per heavy atom. The molecule has 0 saturated heterocycles. The van der Waals surface area contributed by atoms with Crippen LogP contribution in [0, 0.1) is 0 Å². The van der Waals surface area contributed by atoms with Crippen molar-refractivity contribution >= 4 is 39.3 Å². The molecule has 2 N–H and O–H groups in total. The summed E-state index contributed by atoms with van der Waals surface area (Å²) in [4.78, 5) is 23.8. The van der Waals surface area contributed by atoms with E-state index in [1.54, 1.807) is 18.2 Å². The Labute approximate surface area is 137 Å². The molecule has 2 amide bonds. The van der Waals surface area contributed by atoms with Gasteiger partial charge in [0.15, 0.2) is 0 Å². The maximum atomic E-state index is 12.0. The van der Waals surface area contributed by atoms with Gasteiger partial charge in [-0.3, -0.25) is 9.59 Å². The summed E-state index contributed by atoms with van der Waals surface area (Å²) in [5, 5.41) is 5.92. The van der Waals surface area contributed by atoms with Crippen molar-refractivity contribution in [2.24, 2.45) is 0 Å². The van der Waals surface area contributed by atoms with Gasteiger partial charge in [-0.25, -0.2) is 0 Å². The molecule has 0 heterocycles. The molecular weight excluding hydrogens is 356 g/mol. The van der Waals surface area contributed by atoms with Gasteiger partial charge in [-0.15, -0.1) is 0 Å². The molecule has 0 unspecified atom stereocenters. The first kappa shape index (κ1) is 16.3. The van der Waals surface area contributed by atoms with Gasteiger partial charge in [0.25, 0.3) is 5.91 Å². The molecule has 0 spiro atoms. The summed E-state index contributed by atoms with van der Waals surface area (Å²) in [5.74, 6) is -0.499. The second kappa shape index (κ2) is 7.80. The van der Waals surface area contributed by atoms with Crippen molar-refractivity contribution < 1.29 is 9.59 Å². The Balaban J connectivity index is 1.82. The van der Waals surface area contributed by atoms with E-state index < -0.39 is 0 Å². The average molecular weight is 374 g/mol. The lowest BCUT2D eigenvalue weighted by Crippen LogP contribution is -2.42. The topological polar surface area (TPSA) is 58.2 Å². The van der Waals surface area contributed by atoms with Gasteiger partial charge in [-0.05, 0) is 31.0 Å². The molecule has 1 aliphatic rings. The standard InChI is InChI=1S/C15H18BrClN2O2/c16-10-6-7-13(17)12(8-10)15(21)18-9-14(20)19-11-4-2-1-3-5-11/h6-8,11H,1-5,9H2,(H,18,21)(H,19,20). The molecular formula is C15H18BrClN2O2. The molecule has 2 rings (SSSR count). The highest BCUT2D eigenvalue weighted by Crippen LogP contribution is 2.21. The largest absolute Gasteiger partial charge is 0.352 e. The molecule has 6 heteroatoms. The number of carbonyl (C=O) groups excluding carboxylic acids is 2. The fourth-order valence-electron chi connectivity index (χ4n) is 2.45. The van der Waals surface area contributed by atoms with E-state index >= 15 is 0 Å². The molecule has 1 fully saturated rings. The van der Waals surface area contributed by atoms with Crippen molar-refractivity contribution in [3.8, 4) is 0 Å². The van der Waals surface area contributed by atoms with Crippen molar-refractivity contribution in [3.63, 3.8) is 0 Å². The van der Waals surface area contributed by atoms with Crippen molar-refractivity contribution in [1.29, 1.82) is 0 Å². The van der Waals surface area contributed by atoms with E-state index in [0.29, 0.717) is 10.6 Å². The summed E-state index contributed by atoms with van der Waals surface area (Å²) in [6.45, 7) is -0.0296. The lowest BCUT2D eigenvalue weighted by Gasteiger charge is -2.22. The third-order valence-corrected chi connectivity index (χ3v) is 4.38. The number of rotatable bonds is 4. The van der Waals surface area contributed by atoms with Crippen molar-refractivity contribution in [2.45, 2.75) is 38.1 Å². The van der Waals surface area contributed by atoms with Gasteiger partial charge < -0.3 is 10.6 Å². The van der Waals surface area contributed by atoms with Crippen molar-refractivity contribution in [2.75, 3.05) is 6.54 Å². The molecule has 1 aliphatic carbocycles. The number of hydrogen-bond acceptors (Lipinski definition) is 2. The van der Waals surface area contributed by atoms with Crippen molar-refractivity contribution in [3.05, 3.63) is 33.3 Å². The third-order valence-electron chi connectivity index (χ3n) is 3.55. The number of hydrogen-bond donors (Lipinski definition) is 2. The Hall–Kier alpha value is -1.07. The molecule has 1 aromatic carbocycles. The van der Waals surface area contributed by atoms with Crippen LogP contribution in [0.2, 0.25) is 5.02 Å². The summed E-state index contributed by atoms with van der Waals surface area (Å²) in [7, 11) is 0. The quantitative estimate of drug-likeness (QED) is 0.851. The molecule has 4 nitrogen and oxygen atoms in total. The average Bonchev–Trinajstić information content (AvgIpc) is 2.48. The van der Waals surface area contributed by atoms with E-state index in [1.807, 2.05) is 0 Å². The van der Waals surface area contributed by atoms with E-state index in [-0.39, 0.29) is 24.4 Å². The summed E-state index contributed by atoms with van der Waals surface area (Å²) in [6, 6.07) is 5.28. The zero-order valence-corrected chi connectivity index (χ0v) is 14.0. The van der Waals surface area contributed by atoms with Crippen LogP contribution in [0.15, 0.2) is 22.7 Å². The van der Waals surface area contributed by atoms with Gasteiger partial charge in [0.1, 0.15) is 0 Å². The lowest BCUT2D eigenvalue weighted by molar-refractivity contribution is -0.121. The maximum absolute atomic E-state index is 12.0. The molecule has 1 saturated carbocycles. The minimum atomic E-state index is -0.347. The van der Waals surface area contributed by atoms with Gasteiger partial charge in [-0.1, -0.05) is 46.8 Å². The van der Waals surface area contributed by atoms with Gasteiger partial charge in [-0.2, -0.15) is 0 Å². The number of halogens is 2. The zero-order chi connectivity index (χ0) is 15.2. The van der Waals surface area contributed by atoms with E-state index in [2.05, 4.69) is 26.6 Å². The molecule has 0 atom stereocenters. The van der Waals surface area contributed by atoms with Gasteiger partial charge >= 0.3 is 0 Å². The first-order chi connectivity index (χ1) is 10.1. The van der Waals surface area contributed by atoms with Crippen LogP contribution in [0.25, 0.3) is 0 Å². The molecule has 0 radical (unpaired) electrons. The fourth-order valence-corrected chi connectivity index (χ4v) is 3.02. The Bertz CT molecular complexity index is 530. The van der Waals surface area contributed by atoms with Crippen LogP contribution in [0.4, 0.5) is 0 Å². The summed E-state index contributed by atoms with van der Waals surface area (Å²) < 4.78 is 0.767. The number of benzene rings is 1. The molecule has 0 aliphatic heterocycles. The third kappa shape index (κ3) is 5.00. The predicted octanol–water partition coefficient (Wildman–Crippen LogP) is 3.28. The lowest BCUT2D eigenvalue weighted by atomic mass is 9.95. The molecule has 21 heavy (non-hydrogen) atoms. The second-order valence-electron chi connectivity index (χ2n) is 5.21. The number of amides is 2. The highest BCUT2D eigenvalue weighted by molar-refractivity contribution is 9.10. The normalized spacial score (nSPS) is 15.5. The minimum absolute atomic E-state index is 0.0296. The van der Waals surface area contributed by atoms with E-state index in [0.717, 1.165) is 30.2 Å². The highest BCUT2D eigenvalue weighted by atomic mass is 79.9. The Kier molecular flexibility index (Phi) is 6.06. The zero-order valence-electron chi connectivity index (χ0n) is 11.6. The highest BCUT2D eigenvalue weighted by Gasteiger charge is 2.17. The predicted molar refractivity (Wildman–Crippen MR) is 86.5 cm³/mol. The SMILES string of the molecule is O=C(CNC(=O)c1cc(Br)ccc1Cl)NC1CCCCC1. The van der Waals surface area contributed by atoms with Crippen LogP contribution in [-0.2, 0) is 4.79 Å². The van der Waals surface area contributed by atoms with Gasteiger partial charge in [0.2, 0.25) is 5.91 Å². The maximum Gasteiger partial charge on any atom is 0.253 e. The summed E-state index contributed by atoms with van der Waals surface area (Å²) in [5.41, 5.74) is 0.358. The van der Waals surface area contributed by atoms with Crippen LogP contribution in [0.5, 0.6) is 0 Å². The Morgan fingerprint density at radius 1 is 1.24 bits per heavy atom. The first-order valence-corrected chi connectivity index (χ1v) is 8.26. The molecule has 0 bridgehead atoms. The molecule has 114 valence electrons. The number of nitrogens with one attached hydrogen (secondary N) is 2. The number of carbonyl (C=O) groups is 2. The van der Waals surface area contributed by atoms with E-state index in [4.69, 9.17) is 11.6 Å². The summed E-state index contributed by atoms with van der Waals surface area (Å²) >= 11 is 9.27. The fraction of sp³-hybridized carbons (Fsp3) is 0.467. The van der Waals surface area contributed by atoms with Crippen LogP contribution >= 0.6 is 27.5 Å². The van der Waals surface area contributed by atoms with Gasteiger partial charge in [0.05, 0.1) is 17.1 Å². The van der Waals surface area contributed by atoms with Crippen molar-refractivity contribution in [1.82, 2.24) is 10.6 Å².